The molecule has 1 aromatic rings. The predicted octanol–water partition coefficient (Wildman–Crippen LogP) is 2.10. The van der Waals surface area contributed by atoms with Crippen molar-refractivity contribution in [1.82, 2.24) is 0 Å². The highest BCUT2D eigenvalue weighted by molar-refractivity contribution is 5.80. The zero-order valence-electron chi connectivity index (χ0n) is 10.1. The molecule has 17 heavy (non-hydrogen) atoms. The van der Waals surface area contributed by atoms with Gasteiger partial charge in [-0.1, -0.05) is 36.4 Å². The molecule has 0 aliphatic carbocycles. The molecule has 1 rings (SSSR count). The first-order valence-electron chi connectivity index (χ1n) is 5.67. The zero-order valence-corrected chi connectivity index (χ0v) is 10.1. The minimum Gasteiger partial charge on any atom is -0.464 e. The summed E-state index contributed by atoms with van der Waals surface area (Å²) in [6.45, 7) is 5.54. The number of benzene rings is 1. The summed E-state index contributed by atoms with van der Waals surface area (Å²) in [5.74, 6) is -0.594. The molecule has 1 aromatic carbocycles. The van der Waals surface area contributed by atoms with Crippen molar-refractivity contribution in [3.05, 3.63) is 48.6 Å². The van der Waals surface area contributed by atoms with Crippen molar-refractivity contribution in [2.75, 3.05) is 6.61 Å². The second-order valence-corrected chi connectivity index (χ2v) is 3.91. The average Bonchev–Trinajstić information content (AvgIpc) is 2.31. The van der Waals surface area contributed by atoms with E-state index >= 15 is 0 Å². The number of hydrogen-bond acceptors (Lipinski definition) is 3. The van der Waals surface area contributed by atoms with Crippen molar-refractivity contribution in [3.63, 3.8) is 0 Å². The average molecular weight is 234 g/mol. The Morgan fingerprint density at radius 3 is 2.65 bits per heavy atom. The lowest BCUT2D eigenvalue weighted by Gasteiger charge is -2.24. The van der Waals surface area contributed by atoms with Gasteiger partial charge in [0.2, 0.25) is 0 Å². The van der Waals surface area contributed by atoms with Gasteiger partial charge < -0.3 is 9.84 Å². The number of ether oxygens (including phenoxy) is 1. The minimum absolute atomic E-state index is 0.181. The highest BCUT2D eigenvalue weighted by Crippen LogP contribution is 2.20. The maximum absolute atomic E-state index is 11.7. The van der Waals surface area contributed by atoms with Crippen molar-refractivity contribution >= 4 is 5.97 Å². The Morgan fingerprint density at radius 2 is 2.12 bits per heavy atom. The normalized spacial score (nSPS) is 13.8. The fourth-order valence-electron chi connectivity index (χ4n) is 1.67. The van der Waals surface area contributed by atoms with Gasteiger partial charge >= 0.3 is 5.97 Å². The van der Waals surface area contributed by atoms with Gasteiger partial charge in [-0.05, 0) is 12.5 Å². The van der Waals surface area contributed by atoms with Crippen LogP contribution < -0.4 is 0 Å². The Labute approximate surface area is 102 Å². The first-order chi connectivity index (χ1) is 8.12. The third-order valence-electron chi connectivity index (χ3n) is 2.48. The van der Waals surface area contributed by atoms with Crippen LogP contribution in [0.25, 0.3) is 0 Å². The number of carbonyl (C=O) groups is 1. The highest BCUT2D eigenvalue weighted by Gasteiger charge is 2.36. The molecule has 0 saturated carbocycles. The van der Waals surface area contributed by atoms with Crippen LogP contribution in [0.2, 0.25) is 0 Å². The molecule has 0 radical (unpaired) electrons. The molecular weight excluding hydrogens is 216 g/mol. The van der Waals surface area contributed by atoms with E-state index in [4.69, 9.17) is 4.74 Å². The summed E-state index contributed by atoms with van der Waals surface area (Å²) in [7, 11) is 0. The van der Waals surface area contributed by atoms with Crippen LogP contribution in [-0.2, 0) is 16.0 Å². The third-order valence-corrected chi connectivity index (χ3v) is 2.48. The largest absolute Gasteiger partial charge is 0.464 e. The van der Waals surface area contributed by atoms with Crippen LogP contribution in [0.15, 0.2) is 43.0 Å². The van der Waals surface area contributed by atoms with E-state index in [0.29, 0.717) is 0 Å². The molecule has 0 aliphatic heterocycles. The smallest absolute Gasteiger partial charge is 0.338 e. The van der Waals surface area contributed by atoms with Crippen molar-refractivity contribution in [1.29, 1.82) is 0 Å². The van der Waals surface area contributed by atoms with Gasteiger partial charge in [-0.3, -0.25) is 0 Å². The molecule has 0 amide bonds. The second-order valence-electron chi connectivity index (χ2n) is 3.91. The van der Waals surface area contributed by atoms with Gasteiger partial charge in [0.15, 0.2) is 5.60 Å². The number of hydrogen-bond donors (Lipinski definition) is 1. The number of esters is 1. The molecule has 92 valence electrons. The second kappa shape index (κ2) is 6.21. The summed E-state index contributed by atoms with van der Waals surface area (Å²) in [6, 6.07) is 9.37. The lowest BCUT2D eigenvalue weighted by molar-refractivity contribution is -0.164. The predicted molar refractivity (Wildman–Crippen MR) is 66.5 cm³/mol. The summed E-state index contributed by atoms with van der Waals surface area (Å²) in [4.78, 5) is 11.7. The summed E-state index contributed by atoms with van der Waals surface area (Å²) < 4.78 is 4.90. The fraction of sp³-hybridized carbons (Fsp3) is 0.357. The van der Waals surface area contributed by atoms with Gasteiger partial charge in [0.1, 0.15) is 0 Å². The van der Waals surface area contributed by atoms with Crippen molar-refractivity contribution in [2.45, 2.75) is 25.4 Å². The third kappa shape index (κ3) is 3.71. The molecule has 0 fully saturated rings. The molecule has 0 heterocycles. The molecule has 0 aromatic heterocycles. The Bertz CT molecular complexity index is 372. The van der Waals surface area contributed by atoms with Crippen LogP contribution >= 0.6 is 0 Å². The van der Waals surface area contributed by atoms with Crippen LogP contribution in [-0.4, -0.2) is 23.3 Å². The number of carbonyl (C=O) groups excluding carboxylic acids is 1. The van der Waals surface area contributed by atoms with E-state index in [1.54, 1.807) is 6.92 Å². The van der Waals surface area contributed by atoms with E-state index in [9.17, 15) is 9.90 Å². The lowest BCUT2D eigenvalue weighted by Crippen LogP contribution is -2.41. The van der Waals surface area contributed by atoms with Gasteiger partial charge in [0.25, 0.3) is 0 Å². The summed E-state index contributed by atoms with van der Waals surface area (Å²) in [6.07, 6.45) is 1.94. The van der Waals surface area contributed by atoms with Gasteiger partial charge in [-0.25, -0.2) is 4.79 Å². The Balaban J connectivity index is 2.84. The molecule has 0 aliphatic rings. The lowest BCUT2D eigenvalue weighted by atomic mass is 9.91. The monoisotopic (exact) mass is 234 g/mol. The topological polar surface area (TPSA) is 46.5 Å². The fourth-order valence-corrected chi connectivity index (χ4v) is 1.67. The van der Waals surface area contributed by atoms with Gasteiger partial charge in [0.05, 0.1) is 6.61 Å². The Morgan fingerprint density at radius 1 is 1.47 bits per heavy atom. The standard InChI is InChI=1S/C14H18O3/c1-3-10-14(16,13(15)17-4-2)11-12-8-6-5-7-9-12/h3,5-9,16H,1,4,10-11H2,2H3. The van der Waals surface area contributed by atoms with E-state index in [2.05, 4.69) is 6.58 Å². The minimum atomic E-state index is -1.51. The van der Waals surface area contributed by atoms with Gasteiger partial charge in [0, 0.05) is 12.8 Å². The summed E-state index contributed by atoms with van der Waals surface area (Å²) >= 11 is 0. The first kappa shape index (κ1) is 13.5. The van der Waals surface area contributed by atoms with Crippen molar-refractivity contribution in [3.8, 4) is 0 Å². The van der Waals surface area contributed by atoms with E-state index in [1.165, 1.54) is 6.08 Å². The summed E-state index contributed by atoms with van der Waals surface area (Å²) in [5.41, 5.74) is -0.621. The Kier molecular flexibility index (Phi) is 4.91. The van der Waals surface area contributed by atoms with Gasteiger partial charge in [-0.2, -0.15) is 0 Å². The molecule has 1 N–H and O–H groups in total. The van der Waals surface area contributed by atoms with E-state index in [-0.39, 0.29) is 19.4 Å². The number of rotatable bonds is 6. The quantitative estimate of drug-likeness (QED) is 0.605. The van der Waals surface area contributed by atoms with Crippen molar-refractivity contribution in [2.24, 2.45) is 0 Å². The molecule has 3 nitrogen and oxygen atoms in total. The van der Waals surface area contributed by atoms with E-state index < -0.39 is 11.6 Å². The number of aliphatic hydroxyl groups is 1. The molecule has 3 heteroatoms. The molecule has 0 spiro atoms. The SMILES string of the molecule is C=CCC(O)(Cc1ccccc1)C(=O)OCC. The molecule has 1 atom stereocenters. The van der Waals surface area contributed by atoms with E-state index in [1.807, 2.05) is 30.3 Å². The molecule has 1 unspecified atom stereocenters. The molecular formula is C14H18O3. The first-order valence-corrected chi connectivity index (χ1v) is 5.67. The van der Waals surface area contributed by atoms with Crippen molar-refractivity contribution < 1.29 is 14.6 Å². The van der Waals surface area contributed by atoms with Crippen LogP contribution in [0.1, 0.15) is 18.9 Å². The van der Waals surface area contributed by atoms with E-state index in [0.717, 1.165) is 5.56 Å². The van der Waals surface area contributed by atoms with Crippen LogP contribution in [0.5, 0.6) is 0 Å². The zero-order chi connectivity index (χ0) is 12.7. The van der Waals surface area contributed by atoms with Gasteiger partial charge in [-0.15, -0.1) is 6.58 Å². The Hall–Kier alpha value is -1.61. The maximum atomic E-state index is 11.7. The van der Waals surface area contributed by atoms with Crippen LogP contribution in [0.3, 0.4) is 0 Å². The highest BCUT2D eigenvalue weighted by atomic mass is 16.5. The summed E-state index contributed by atoms with van der Waals surface area (Å²) in [5, 5.41) is 10.3. The van der Waals surface area contributed by atoms with Crippen LogP contribution in [0, 0.1) is 0 Å². The maximum Gasteiger partial charge on any atom is 0.338 e. The molecule has 0 saturated heterocycles. The van der Waals surface area contributed by atoms with Crippen LogP contribution in [0.4, 0.5) is 0 Å². The molecule has 0 bridgehead atoms.